The van der Waals surface area contributed by atoms with Crippen molar-refractivity contribution in [3.05, 3.63) is 6.33 Å². The maximum Gasteiger partial charge on any atom is 0.245 e. The van der Waals surface area contributed by atoms with Crippen molar-refractivity contribution in [1.82, 2.24) is 19.5 Å². The molecule has 0 saturated heterocycles. The molecule has 2 aromatic rings. The second-order valence-electron chi connectivity index (χ2n) is 4.38. The summed E-state index contributed by atoms with van der Waals surface area (Å²) in [6, 6.07) is 0.291. The molecule has 0 bridgehead atoms. The van der Waals surface area contributed by atoms with E-state index in [4.69, 9.17) is 15.2 Å². The van der Waals surface area contributed by atoms with Crippen molar-refractivity contribution in [3.8, 4) is 5.88 Å². The van der Waals surface area contributed by atoms with Crippen molar-refractivity contribution in [2.24, 2.45) is 0 Å². The Labute approximate surface area is 104 Å². The van der Waals surface area contributed by atoms with E-state index in [1.807, 2.05) is 4.57 Å². The zero-order chi connectivity index (χ0) is 12.7. The van der Waals surface area contributed by atoms with E-state index in [0.717, 1.165) is 18.5 Å². The molecule has 7 nitrogen and oxygen atoms in total. The molecule has 1 saturated carbocycles. The first-order valence-corrected chi connectivity index (χ1v) is 5.79. The summed E-state index contributed by atoms with van der Waals surface area (Å²) in [5.74, 6) is 0.899. The number of nitrogens with zero attached hydrogens (tertiary/aromatic N) is 4. The first-order chi connectivity index (χ1) is 8.74. The van der Waals surface area contributed by atoms with Gasteiger partial charge in [-0.3, -0.25) is 4.57 Å². The highest BCUT2D eigenvalue weighted by atomic mass is 16.5. The second-order valence-corrected chi connectivity index (χ2v) is 4.38. The summed E-state index contributed by atoms with van der Waals surface area (Å²) < 4.78 is 12.4. The third-order valence-corrected chi connectivity index (χ3v) is 3.43. The topological polar surface area (TPSA) is 88.1 Å². The third kappa shape index (κ3) is 1.51. The normalized spacial score (nSPS) is 23.0. The number of ether oxygens (including phenoxy) is 2. The van der Waals surface area contributed by atoms with Gasteiger partial charge in [0.1, 0.15) is 6.33 Å². The Morgan fingerprint density at radius 1 is 1.33 bits per heavy atom. The SMILES string of the molecule is COc1ncnc2c1nc(N)n2C1CC(OC)C1. The minimum absolute atomic E-state index is 0.291. The fraction of sp³-hybridized carbons (Fsp3) is 0.545. The lowest BCUT2D eigenvalue weighted by molar-refractivity contribution is 0.00784. The molecule has 0 amide bonds. The summed E-state index contributed by atoms with van der Waals surface area (Å²) in [6.07, 6.45) is 3.62. The number of nitrogens with two attached hydrogens (primary N) is 1. The molecule has 0 aromatic carbocycles. The maximum absolute atomic E-state index is 5.96. The number of methoxy groups -OCH3 is 2. The molecular formula is C11H15N5O2. The summed E-state index contributed by atoms with van der Waals surface area (Å²) in [5, 5.41) is 0. The lowest BCUT2D eigenvalue weighted by atomic mass is 9.89. The van der Waals surface area contributed by atoms with Gasteiger partial charge in [0.15, 0.2) is 11.2 Å². The van der Waals surface area contributed by atoms with Crippen LogP contribution in [0.5, 0.6) is 5.88 Å². The molecular weight excluding hydrogens is 234 g/mol. The van der Waals surface area contributed by atoms with Crippen molar-refractivity contribution in [1.29, 1.82) is 0 Å². The Hall–Kier alpha value is -1.89. The standard InChI is InChI=1S/C11H15N5O2/c1-17-7-3-6(4-7)16-9-8(15-11(16)12)10(18-2)14-5-13-9/h5-7H,3-4H2,1-2H3,(H2,12,15). The molecule has 0 spiro atoms. The molecule has 18 heavy (non-hydrogen) atoms. The van der Waals surface area contributed by atoms with Crippen LogP contribution in [0, 0.1) is 0 Å². The molecule has 1 aliphatic rings. The molecule has 2 N–H and O–H groups in total. The molecule has 0 unspecified atom stereocenters. The summed E-state index contributed by atoms with van der Waals surface area (Å²) in [7, 11) is 3.28. The van der Waals surface area contributed by atoms with Crippen LogP contribution in [-0.4, -0.2) is 39.8 Å². The zero-order valence-electron chi connectivity index (χ0n) is 10.3. The lowest BCUT2D eigenvalue weighted by Crippen LogP contribution is -2.33. The molecule has 1 aliphatic carbocycles. The molecule has 0 atom stereocenters. The number of hydrogen-bond acceptors (Lipinski definition) is 6. The number of nitrogen functional groups attached to an aromatic ring is 1. The van der Waals surface area contributed by atoms with Crippen LogP contribution in [-0.2, 0) is 4.74 Å². The number of rotatable bonds is 3. The first-order valence-electron chi connectivity index (χ1n) is 5.79. The molecule has 0 aliphatic heterocycles. The highest BCUT2D eigenvalue weighted by Gasteiger charge is 2.33. The number of imidazole rings is 1. The largest absolute Gasteiger partial charge is 0.479 e. The van der Waals surface area contributed by atoms with Gasteiger partial charge in [-0.05, 0) is 12.8 Å². The average molecular weight is 249 g/mol. The molecule has 96 valence electrons. The highest BCUT2D eigenvalue weighted by Crippen LogP contribution is 2.38. The molecule has 0 radical (unpaired) electrons. The Balaban J connectivity index is 2.04. The van der Waals surface area contributed by atoms with E-state index in [-0.39, 0.29) is 0 Å². The monoisotopic (exact) mass is 249 g/mol. The fourth-order valence-electron chi connectivity index (χ4n) is 2.36. The predicted molar refractivity (Wildman–Crippen MR) is 65.4 cm³/mol. The summed E-state index contributed by atoms with van der Waals surface area (Å²) in [6.45, 7) is 0. The van der Waals surface area contributed by atoms with Gasteiger partial charge in [-0.15, -0.1) is 0 Å². The summed E-state index contributed by atoms with van der Waals surface area (Å²) in [5.41, 5.74) is 7.29. The van der Waals surface area contributed by atoms with Crippen molar-refractivity contribution in [2.75, 3.05) is 20.0 Å². The van der Waals surface area contributed by atoms with Crippen LogP contribution in [0.2, 0.25) is 0 Å². The summed E-state index contributed by atoms with van der Waals surface area (Å²) >= 11 is 0. The average Bonchev–Trinajstić information content (AvgIpc) is 2.65. The van der Waals surface area contributed by atoms with Crippen LogP contribution < -0.4 is 10.5 Å². The summed E-state index contributed by atoms with van der Waals surface area (Å²) in [4.78, 5) is 12.6. The minimum Gasteiger partial charge on any atom is -0.479 e. The smallest absolute Gasteiger partial charge is 0.245 e. The third-order valence-electron chi connectivity index (χ3n) is 3.43. The van der Waals surface area contributed by atoms with Crippen LogP contribution in [0.25, 0.3) is 11.2 Å². The molecule has 2 aromatic heterocycles. The van der Waals surface area contributed by atoms with Gasteiger partial charge in [-0.2, -0.15) is 4.98 Å². The van der Waals surface area contributed by atoms with Gasteiger partial charge in [0.2, 0.25) is 11.8 Å². The van der Waals surface area contributed by atoms with Crippen LogP contribution >= 0.6 is 0 Å². The minimum atomic E-state index is 0.291. The van der Waals surface area contributed by atoms with E-state index in [1.54, 1.807) is 14.2 Å². The molecule has 3 rings (SSSR count). The Morgan fingerprint density at radius 2 is 2.11 bits per heavy atom. The van der Waals surface area contributed by atoms with Gasteiger partial charge in [-0.1, -0.05) is 0 Å². The van der Waals surface area contributed by atoms with Gasteiger partial charge >= 0.3 is 0 Å². The van der Waals surface area contributed by atoms with Crippen LogP contribution in [0.3, 0.4) is 0 Å². The van der Waals surface area contributed by atoms with E-state index in [2.05, 4.69) is 15.0 Å². The molecule has 7 heteroatoms. The van der Waals surface area contributed by atoms with Crippen LogP contribution in [0.1, 0.15) is 18.9 Å². The number of anilines is 1. The number of aromatic nitrogens is 4. The van der Waals surface area contributed by atoms with Gasteiger partial charge in [0, 0.05) is 13.2 Å². The van der Waals surface area contributed by atoms with E-state index < -0.39 is 0 Å². The van der Waals surface area contributed by atoms with Crippen molar-refractivity contribution >= 4 is 17.1 Å². The highest BCUT2D eigenvalue weighted by molar-refractivity contribution is 5.79. The fourth-order valence-corrected chi connectivity index (χ4v) is 2.36. The second kappa shape index (κ2) is 4.09. The van der Waals surface area contributed by atoms with E-state index >= 15 is 0 Å². The maximum atomic E-state index is 5.96. The Bertz CT molecular complexity index is 576. The molecule has 2 heterocycles. The Kier molecular flexibility index (Phi) is 2.55. The van der Waals surface area contributed by atoms with Gasteiger partial charge in [0.05, 0.1) is 13.2 Å². The molecule has 1 fully saturated rings. The lowest BCUT2D eigenvalue weighted by Gasteiger charge is -2.35. The van der Waals surface area contributed by atoms with Gasteiger partial charge in [-0.25, -0.2) is 9.97 Å². The predicted octanol–water partition coefficient (Wildman–Crippen LogP) is 0.767. The van der Waals surface area contributed by atoms with Crippen LogP contribution in [0.15, 0.2) is 6.33 Å². The Morgan fingerprint density at radius 3 is 2.78 bits per heavy atom. The quantitative estimate of drug-likeness (QED) is 0.864. The number of fused-ring (bicyclic) bond motifs is 1. The van der Waals surface area contributed by atoms with Crippen molar-refractivity contribution < 1.29 is 9.47 Å². The van der Waals surface area contributed by atoms with Gasteiger partial charge in [0.25, 0.3) is 0 Å². The van der Waals surface area contributed by atoms with Crippen molar-refractivity contribution in [2.45, 2.75) is 25.0 Å². The number of hydrogen-bond donors (Lipinski definition) is 1. The van der Waals surface area contributed by atoms with E-state index in [1.165, 1.54) is 6.33 Å². The first kappa shape index (κ1) is 11.2. The van der Waals surface area contributed by atoms with Crippen molar-refractivity contribution in [3.63, 3.8) is 0 Å². The van der Waals surface area contributed by atoms with E-state index in [0.29, 0.717) is 29.5 Å². The van der Waals surface area contributed by atoms with Crippen LogP contribution in [0.4, 0.5) is 5.95 Å². The van der Waals surface area contributed by atoms with E-state index in [9.17, 15) is 0 Å². The van der Waals surface area contributed by atoms with Gasteiger partial charge < -0.3 is 15.2 Å². The zero-order valence-corrected chi connectivity index (χ0v) is 10.3.